The van der Waals surface area contributed by atoms with E-state index in [-0.39, 0.29) is 0 Å². The second-order valence-corrected chi connectivity index (χ2v) is 6.08. The third-order valence-corrected chi connectivity index (χ3v) is 4.67. The first-order chi connectivity index (χ1) is 8.83. The Hall–Kier alpha value is -0.580. The van der Waals surface area contributed by atoms with Crippen molar-refractivity contribution in [2.45, 2.75) is 5.75 Å². The molecule has 3 rings (SSSR count). The van der Waals surface area contributed by atoms with Crippen molar-refractivity contribution in [3.8, 4) is 11.5 Å². The van der Waals surface area contributed by atoms with E-state index < -0.39 is 0 Å². The van der Waals surface area contributed by atoms with Gasteiger partial charge in [0.2, 0.25) is 0 Å². The Bertz CT molecular complexity index is 437. The van der Waals surface area contributed by atoms with Gasteiger partial charge in [0.05, 0.1) is 5.02 Å². The van der Waals surface area contributed by atoms with Gasteiger partial charge in [0.25, 0.3) is 0 Å². The summed E-state index contributed by atoms with van der Waals surface area (Å²) in [5, 5.41) is 3.95. The smallest absolute Gasteiger partial charge is 0.179 e. The zero-order valence-corrected chi connectivity index (χ0v) is 11.6. The maximum absolute atomic E-state index is 6.20. The van der Waals surface area contributed by atoms with E-state index in [4.69, 9.17) is 21.1 Å². The second kappa shape index (κ2) is 5.59. The number of hydrogen-bond acceptors (Lipinski definition) is 4. The van der Waals surface area contributed by atoms with Crippen LogP contribution in [0.5, 0.6) is 11.5 Å². The highest BCUT2D eigenvalue weighted by Gasteiger charge is 2.18. The first kappa shape index (κ1) is 12.5. The van der Waals surface area contributed by atoms with Gasteiger partial charge in [-0.25, -0.2) is 0 Å². The van der Waals surface area contributed by atoms with Crippen LogP contribution in [0.1, 0.15) is 5.56 Å². The van der Waals surface area contributed by atoms with E-state index in [1.807, 2.05) is 23.9 Å². The molecule has 1 fully saturated rings. The van der Waals surface area contributed by atoms with Crippen LogP contribution in [-0.4, -0.2) is 32.1 Å². The average Bonchev–Trinajstić information content (AvgIpc) is 2.32. The minimum Gasteiger partial charge on any atom is -0.486 e. The highest BCUT2D eigenvalue weighted by molar-refractivity contribution is 7.98. The van der Waals surface area contributed by atoms with Crippen molar-refractivity contribution in [3.05, 3.63) is 22.7 Å². The van der Waals surface area contributed by atoms with Gasteiger partial charge < -0.3 is 14.8 Å². The second-order valence-electron chi connectivity index (χ2n) is 4.64. The third-order valence-electron chi connectivity index (χ3n) is 3.14. The summed E-state index contributed by atoms with van der Waals surface area (Å²) in [6.45, 7) is 3.51. The standard InChI is InChI=1S/C13H16ClNO2S/c14-11-3-9(7-18-8-10-5-15-6-10)4-12-13(11)17-2-1-16-12/h3-4,10,15H,1-2,5-8H2. The van der Waals surface area contributed by atoms with E-state index in [1.54, 1.807) is 0 Å². The highest BCUT2D eigenvalue weighted by atomic mass is 35.5. The van der Waals surface area contributed by atoms with Crippen LogP contribution < -0.4 is 14.8 Å². The number of rotatable bonds is 4. The number of fused-ring (bicyclic) bond motifs is 1. The summed E-state index contributed by atoms with van der Waals surface area (Å²) < 4.78 is 11.1. The maximum atomic E-state index is 6.20. The van der Waals surface area contributed by atoms with E-state index in [0.717, 1.165) is 30.5 Å². The predicted octanol–water partition coefficient (Wildman–Crippen LogP) is 2.56. The van der Waals surface area contributed by atoms with Crippen LogP contribution >= 0.6 is 23.4 Å². The molecule has 0 atom stereocenters. The summed E-state index contributed by atoms with van der Waals surface area (Å²) in [6.07, 6.45) is 0. The maximum Gasteiger partial charge on any atom is 0.179 e. The SMILES string of the molecule is Clc1cc(CSCC2CNC2)cc2c1OCCO2. The van der Waals surface area contributed by atoms with Crippen LogP contribution in [0.4, 0.5) is 0 Å². The van der Waals surface area contributed by atoms with E-state index in [0.29, 0.717) is 24.0 Å². The lowest BCUT2D eigenvalue weighted by molar-refractivity contribution is 0.171. The molecule has 0 saturated carbocycles. The van der Waals surface area contributed by atoms with Crippen LogP contribution in [-0.2, 0) is 5.75 Å². The normalized spacial score (nSPS) is 18.5. The van der Waals surface area contributed by atoms with Gasteiger partial charge in [-0.2, -0.15) is 11.8 Å². The Morgan fingerprint density at radius 2 is 2.11 bits per heavy atom. The Morgan fingerprint density at radius 1 is 1.28 bits per heavy atom. The van der Waals surface area contributed by atoms with Crippen molar-refractivity contribution in [1.82, 2.24) is 5.32 Å². The quantitative estimate of drug-likeness (QED) is 0.921. The molecule has 1 aromatic rings. The van der Waals surface area contributed by atoms with E-state index in [2.05, 4.69) is 5.32 Å². The number of hydrogen-bond donors (Lipinski definition) is 1. The van der Waals surface area contributed by atoms with Crippen LogP contribution in [0, 0.1) is 5.92 Å². The predicted molar refractivity (Wildman–Crippen MR) is 75.0 cm³/mol. The molecule has 0 unspecified atom stereocenters. The van der Waals surface area contributed by atoms with Gasteiger partial charge in [-0.05, 0) is 42.5 Å². The fraction of sp³-hybridized carbons (Fsp3) is 0.538. The zero-order chi connectivity index (χ0) is 12.4. The first-order valence-electron chi connectivity index (χ1n) is 6.19. The van der Waals surface area contributed by atoms with Crippen LogP contribution in [0.2, 0.25) is 5.02 Å². The van der Waals surface area contributed by atoms with Gasteiger partial charge in [-0.15, -0.1) is 0 Å². The highest BCUT2D eigenvalue weighted by Crippen LogP contribution is 2.39. The summed E-state index contributed by atoms with van der Waals surface area (Å²) in [4.78, 5) is 0. The van der Waals surface area contributed by atoms with Crippen LogP contribution in [0.25, 0.3) is 0 Å². The minimum absolute atomic E-state index is 0.579. The summed E-state index contributed by atoms with van der Waals surface area (Å²) in [7, 11) is 0. The first-order valence-corrected chi connectivity index (χ1v) is 7.72. The minimum atomic E-state index is 0.579. The summed E-state index contributed by atoms with van der Waals surface area (Å²) >= 11 is 8.16. The molecule has 0 radical (unpaired) electrons. The van der Waals surface area contributed by atoms with Gasteiger partial charge >= 0.3 is 0 Å². The van der Waals surface area contributed by atoms with Crippen molar-refractivity contribution < 1.29 is 9.47 Å². The van der Waals surface area contributed by atoms with Crippen molar-refractivity contribution >= 4 is 23.4 Å². The molecule has 1 saturated heterocycles. The zero-order valence-electron chi connectivity index (χ0n) is 10.1. The van der Waals surface area contributed by atoms with E-state index in [9.17, 15) is 0 Å². The summed E-state index contributed by atoms with van der Waals surface area (Å²) in [6, 6.07) is 4.04. The molecule has 98 valence electrons. The molecule has 1 aromatic carbocycles. The largest absolute Gasteiger partial charge is 0.486 e. The monoisotopic (exact) mass is 285 g/mol. The number of ether oxygens (including phenoxy) is 2. The molecule has 3 nitrogen and oxygen atoms in total. The molecule has 2 heterocycles. The van der Waals surface area contributed by atoms with Crippen molar-refractivity contribution in [2.75, 3.05) is 32.1 Å². The molecule has 0 bridgehead atoms. The number of benzene rings is 1. The number of thioether (sulfide) groups is 1. The molecule has 2 aliphatic heterocycles. The topological polar surface area (TPSA) is 30.5 Å². The molecule has 1 N–H and O–H groups in total. The van der Waals surface area contributed by atoms with E-state index >= 15 is 0 Å². The van der Waals surface area contributed by atoms with Crippen molar-refractivity contribution in [2.24, 2.45) is 5.92 Å². The number of halogens is 1. The number of nitrogens with one attached hydrogen (secondary N) is 1. The lowest BCUT2D eigenvalue weighted by atomic mass is 10.1. The molecular weight excluding hydrogens is 270 g/mol. The van der Waals surface area contributed by atoms with Crippen LogP contribution in [0.3, 0.4) is 0 Å². The molecule has 0 spiro atoms. The third kappa shape index (κ3) is 2.71. The Morgan fingerprint density at radius 3 is 2.89 bits per heavy atom. The van der Waals surface area contributed by atoms with Crippen LogP contribution in [0.15, 0.2) is 12.1 Å². The Kier molecular flexibility index (Phi) is 3.87. The fourth-order valence-corrected chi connectivity index (χ4v) is 3.43. The molecule has 0 amide bonds. The van der Waals surface area contributed by atoms with Gasteiger partial charge in [-0.1, -0.05) is 11.6 Å². The summed E-state index contributed by atoms with van der Waals surface area (Å²) in [5.41, 5.74) is 1.21. The van der Waals surface area contributed by atoms with Gasteiger partial charge in [0, 0.05) is 5.75 Å². The fourth-order valence-electron chi connectivity index (χ4n) is 2.06. The van der Waals surface area contributed by atoms with Crippen molar-refractivity contribution in [3.63, 3.8) is 0 Å². The molecule has 5 heteroatoms. The molecule has 2 aliphatic rings. The average molecular weight is 286 g/mol. The van der Waals surface area contributed by atoms with Gasteiger partial charge in [0.1, 0.15) is 13.2 Å². The van der Waals surface area contributed by atoms with E-state index in [1.165, 1.54) is 11.3 Å². The molecule has 18 heavy (non-hydrogen) atoms. The lowest BCUT2D eigenvalue weighted by Gasteiger charge is -2.26. The molecule has 0 aliphatic carbocycles. The summed E-state index contributed by atoms with van der Waals surface area (Å²) in [5.74, 6) is 4.50. The van der Waals surface area contributed by atoms with Crippen molar-refractivity contribution in [1.29, 1.82) is 0 Å². The molecular formula is C13H16ClNO2S. The van der Waals surface area contributed by atoms with Gasteiger partial charge in [-0.3, -0.25) is 0 Å². The Labute approximate surface area is 116 Å². The molecule has 0 aromatic heterocycles. The Balaban J connectivity index is 1.62. The van der Waals surface area contributed by atoms with Gasteiger partial charge in [0.15, 0.2) is 11.5 Å². The lowest BCUT2D eigenvalue weighted by Crippen LogP contribution is -2.43.